The largest absolute Gasteiger partial charge is 0.478 e. The Morgan fingerprint density at radius 3 is 2.71 bits per heavy atom. The van der Waals surface area contributed by atoms with Gasteiger partial charge in [-0.2, -0.15) is 0 Å². The van der Waals surface area contributed by atoms with E-state index in [1.807, 2.05) is 22.9 Å². The van der Waals surface area contributed by atoms with E-state index in [4.69, 9.17) is 23.2 Å². The molecular weight excluding hydrogens is 309 g/mol. The van der Waals surface area contributed by atoms with Gasteiger partial charge in [0.15, 0.2) is 0 Å². The molecule has 0 atom stereocenters. The fourth-order valence-corrected chi connectivity index (χ4v) is 2.77. The van der Waals surface area contributed by atoms with E-state index in [0.29, 0.717) is 27.5 Å². The molecule has 3 nitrogen and oxygen atoms in total. The van der Waals surface area contributed by atoms with E-state index in [9.17, 15) is 9.90 Å². The van der Waals surface area contributed by atoms with Crippen LogP contribution >= 0.6 is 23.2 Å². The van der Waals surface area contributed by atoms with E-state index < -0.39 is 5.97 Å². The summed E-state index contributed by atoms with van der Waals surface area (Å²) < 4.78 is 1.96. The zero-order valence-electron chi connectivity index (χ0n) is 10.9. The summed E-state index contributed by atoms with van der Waals surface area (Å²) in [7, 11) is 0. The molecule has 0 unspecified atom stereocenters. The van der Waals surface area contributed by atoms with Crippen LogP contribution in [0.15, 0.2) is 48.7 Å². The summed E-state index contributed by atoms with van der Waals surface area (Å²) in [6, 6.07) is 12.3. The molecule has 1 heterocycles. The molecule has 0 spiro atoms. The molecule has 0 radical (unpaired) electrons. The van der Waals surface area contributed by atoms with Crippen molar-refractivity contribution in [3.05, 3.63) is 69.8 Å². The van der Waals surface area contributed by atoms with Crippen LogP contribution in [0.1, 0.15) is 15.9 Å². The Bertz CT molecular complexity index is 839. The summed E-state index contributed by atoms with van der Waals surface area (Å²) >= 11 is 12.2. The number of carbonyl (C=O) groups is 1. The number of hydrogen-bond acceptors (Lipinski definition) is 1. The fraction of sp³-hybridized carbons (Fsp3) is 0.0625. The van der Waals surface area contributed by atoms with Gasteiger partial charge in [0.25, 0.3) is 0 Å². The lowest BCUT2D eigenvalue weighted by atomic mass is 10.1. The van der Waals surface area contributed by atoms with Gasteiger partial charge in [0.2, 0.25) is 0 Å². The number of benzene rings is 2. The van der Waals surface area contributed by atoms with Gasteiger partial charge in [0.05, 0.1) is 5.56 Å². The van der Waals surface area contributed by atoms with Gasteiger partial charge in [-0.1, -0.05) is 29.3 Å². The first kappa shape index (κ1) is 14.0. The number of aromatic carboxylic acids is 1. The van der Waals surface area contributed by atoms with Gasteiger partial charge >= 0.3 is 5.97 Å². The first-order valence-corrected chi connectivity index (χ1v) is 7.07. The first-order valence-electron chi connectivity index (χ1n) is 6.31. The van der Waals surface area contributed by atoms with Crippen LogP contribution in [0.25, 0.3) is 10.9 Å². The van der Waals surface area contributed by atoms with Gasteiger partial charge in [-0.05, 0) is 42.0 Å². The second-order valence-electron chi connectivity index (χ2n) is 4.72. The number of aromatic nitrogens is 1. The van der Waals surface area contributed by atoms with Crippen molar-refractivity contribution in [2.75, 3.05) is 0 Å². The Hall–Kier alpha value is -1.97. The predicted octanol–water partition coefficient (Wildman–Crippen LogP) is 4.69. The highest BCUT2D eigenvalue weighted by Gasteiger charge is 2.11. The van der Waals surface area contributed by atoms with Gasteiger partial charge in [-0.15, -0.1) is 0 Å². The van der Waals surface area contributed by atoms with E-state index in [-0.39, 0.29) is 0 Å². The molecule has 0 aliphatic carbocycles. The van der Waals surface area contributed by atoms with E-state index in [1.165, 1.54) is 0 Å². The van der Waals surface area contributed by atoms with E-state index in [2.05, 4.69) is 0 Å². The lowest BCUT2D eigenvalue weighted by molar-refractivity contribution is 0.0699. The minimum absolute atomic E-state index is 0.295. The average molecular weight is 320 g/mol. The van der Waals surface area contributed by atoms with Crippen molar-refractivity contribution < 1.29 is 9.90 Å². The van der Waals surface area contributed by atoms with Crippen molar-refractivity contribution in [1.82, 2.24) is 4.57 Å². The molecule has 0 aliphatic heterocycles. The molecule has 0 fully saturated rings. The number of halogens is 2. The minimum atomic E-state index is -0.931. The quantitative estimate of drug-likeness (QED) is 0.760. The maximum absolute atomic E-state index is 11.2. The van der Waals surface area contributed by atoms with Crippen molar-refractivity contribution >= 4 is 40.1 Å². The van der Waals surface area contributed by atoms with Gasteiger partial charge in [0.1, 0.15) is 0 Å². The van der Waals surface area contributed by atoms with Crippen LogP contribution in [0.5, 0.6) is 0 Å². The molecule has 1 aromatic heterocycles. The van der Waals surface area contributed by atoms with Crippen LogP contribution in [0.2, 0.25) is 10.0 Å². The zero-order valence-corrected chi connectivity index (χ0v) is 12.4. The van der Waals surface area contributed by atoms with Crippen molar-refractivity contribution in [3.63, 3.8) is 0 Å². The summed E-state index contributed by atoms with van der Waals surface area (Å²) in [5, 5.41) is 11.2. The van der Waals surface area contributed by atoms with Crippen molar-refractivity contribution in [2.45, 2.75) is 6.54 Å². The third-order valence-electron chi connectivity index (χ3n) is 3.39. The van der Waals surface area contributed by atoms with Gasteiger partial charge in [-0.3, -0.25) is 0 Å². The molecule has 106 valence electrons. The lowest BCUT2D eigenvalue weighted by Crippen LogP contribution is -2.00. The Morgan fingerprint density at radius 2 is 1.95 bits per heavy atom. The molecule has 21 heavy (non-hydrogen) atoms. The van der Waals surface area contributed by atoms with Crippen molar-refractivity contribution in [3.8, 4) is 0 Å². The predicted molar refractivity (Wildman–Crippen MR) is 84.5 cm³/mol. The highest BCUT2D eigenvalue weighted by molar-refractivity contribution is 6.33. The second kappa shape index (κ2) is 5.43. The molecular formula is C16H11Cl2NO2. The summed E-state index contributed by atoms with van der Waals surface area (Å²) in [5.74, 6) is -0.931. The first-order chi connectivity index (χ1) is 10.1. The van der Waals surface area contributed by atoms with E-state index in [1.54, 1.807) is 30.3 Å². The maximum atomic E-state index is 11.2. The molecule has 0 saturated carbocycles. The highest BCUT2D eigenvalue weighted by atomic mass is 35.5. The monoisotopic (exact) mass is 319 g/mol. The number of nitrogens with zero attached hydrogens (tertiary/aromatic N) is 1. The van der Waals surface area contributed by atoms with Crippen LogP contribution in [-0.4, -0.2) is 15.6 Å². The SMILES string of the molecule is O=C(O)c1cccc2c1ccn2Cc1cc(Cl)ccc1Cl. The van der Waals surface area contributed by atoms with Crippen LogP contribution < -0.4 is 0 Å². The van der Waals surface area contributed by atoms with Crippen LogP contribution in [0, 0.1) is 0 Å². The highest BCUT2D eigenvalue weighted by Crippen LogP contribution is 2.25. The molecule has 3 aromatic rings. The fourth-order valence-electron chi connectivity index (χ4n) is 2.40. The molecule has 0 bridgehead atoms. The molecule has 0 amide bonds. The molecule has 5 heteroatoms. The summed E-state index contributed by atoms with van der Waals surface area (Å²) in [6.07, 6.45) is 1.86. The lowest BCUT2D eigenvalue weighted by Gasteiger charge is -2.08. The van der Waals surface area contributed by atoms with Crippen LogP contribution in [0.4, 0.5) is 0 Å². The molecule has 2 aromatic carbocycles. The molecule has 3 rings (SSSR count). The normalized spacial score (nSPS) is 11.0. The zero-order chi connectivity index (χ0) is 15.0. The van der Waals surface area contributed by atoms with Crippen molar-refractivity contribution in [1.29, 1.82) is 0 Å². The Balaban J connectivity index is 2.08. The molecule has 1 N–H and O–H groups in total. The Labute approximate surface area is 131 Å². The number of carboxylic acids is 1. The maximum Gasteiger partial charge on any atom is 0.336 e. The number of fused-ring (bicyclic) bond motifs is 1. The van der Waals surface area contributed by atoms with Gasteiger partial charge in [-0.25, -0.2) is 4.79 Å². The molecule has 0 aliphatic rings. The molecule has 0 saturated heterocycles. The summed E-state index contributed by atoms with van der Waals surface area (Å²) in [4.78, 5) is 11.2. The summed E-state index contributed by atoms with van der Waals surface area (Å²) in [6.45, 7) is 0.534. The minimum Gasteiger partial charge on any atom is -0.478 e. The number of carboxylic acid groups (broad SMARTS) is 1. The number of hydrogen-bond donors (Lipinski definition) is 1. The topological polar surface area (TPSA) is 42.2 Å². The van der Waals surface area contributed by atoms with Crippen molar-refractivity contribution in [2.24, 2.45) is 0 Å². The van der Waals surface area contributed by atoms with Gasteiger partial charge in [0, 0.05) is 33.7 Å². The second-order valence-corrected chi connectivity index (χ2v) is 5.57. The van der Waals surface area contributed by atoms with Gasteiger partial charge < -0.3 is 9.67 Å². The smallest absolute Gasteiger partial charge is 0.336 e. The number of rotatable bonds is 3. The average Bonchev–Trinajstić information content (AvgIpc) is 2.86. The van der Waals surface area contributed by atoms with Crippen LogP contribution in [-0.2, 0) is 6.54 Å². The van der Waals surface area contributed by atoms with E-state index in [0.717, 1.165) is 11.1 Å². The standard InChI is InChI=1S/C16H11Cl2NO2/c17-11-4-5-14(18)10(8-11)9-19-7-6-12-13(16(20)21)2-1-3-15(12)19/h1-8H,9H2,(H,20,21). The Morgan fingerprint density at radius 1 is 1.14 bits per heavy atom. The third-order valence-corrected chi connectivity index (χ3v) is 4.00. The summed E-state index contributed by atoms with van der Waals surface area (Å²) in [5.41, 5.74) is 2.04. The third kappa shape index (κ3) is 2.62. The van der Waals surface area contributed by atoms with Crippen LogP contribution in [0.3, 0.4) is 0 Å². The van der Waals surface area contributed by atoms with E-state index >= 15 is 0 Å². The Kier molecular flexibility index (Phi) is 3.62.